The molecule has 0 bridgehead atoms. The lowest BCUT2D eigenvalue weighted by Crippen LogP contribution is -2.41. The Bertz CT molecular complexity index is 511. The molecule has 1 aromatic rings. The van der Waals surface area contributed by atoms with Gasteiger partial charge in [0.05, 0.1) is 11.8 Å². The first-order valence-electron chi connectivity index (χ1n) is 8.26. The number of amides is 2. The molecule has 0 radical (unpaired) electrons. The molecule has 0 atom stereocenters. The van der Waals surface area contributed by atoms with E-state index >= 15 is 0 Å². The first-order chi connectivity index (χ1) is 10.9. The van der Waals surface area contributed by atoms with Crippen molar-refractivity contribution in [3.63, 3.8) is 0 Å². The molecule has 0 saturated heterocycles. The van der Waals surface area contributed by atoms with E-state index in [0.717, 1.165) is 11.3 Å². The van der Waals surface area contributed by atoms with Gasteiger partial charge in [0.1, 0.15) is 0 Å². The van der Waals surface area contributed by atoms with Crippen molar-refractivity contribution in [1.82, 2.24) is 5.32 Å². The third-order valence-corrected chi connectivity index (χ3v) is 4.25. The lowest BCUT2D eigenvalue weighted by molar-refractivity contribution is -0.125. The summed E-state index contributed by atoms with van der Waals surface area (Å²) in [6, 6.07) is 7.49. The lowest BCUT2D eigenvalue weighted by atomic mass is 9.81. The van der Waals surface area contributed by atoms with Crippen molar-refractivity contribution in [3.8, 4) is 0 Å². The fourth-order valence-electron chi connectivity index (χ4n) is 2.48. The van der Waals surface area contributed by atoms with Crippen molar-refractivity contribution in [3.05, 3.63) is 29.8 Å². The average Bonchev–Trinajstić information content (AvgIpc) is 2.51. The summed E-state index contributed by atoms with van der Waals surface area (Å²) in [5.74, 6) is -0.0498. The van der Waals surface area contributed by atoms with Gasteiger partial charge in [0.2, 0.25) is 11.8 Å². The van der Waals surface area contributed by atoms with Crippen molar-refractivity contribution in [2.45, 2.75) is 53.0 Å². The Morgan fingerprint density at radius 2 is 1.70 bits per heavy atom. The number of nitrogens with two attached hydrogens (primary N) is 1. The van der Waals surface area contributed by atoms with Crippen LogP contribution in [0.3, 0.4) is 0 Å². The molecule has 0 aliphatic carbocycles. The molecule has 0 aliphatic heterocycles. The van der Waals surface area contributed by atoms with Crippen LogP contribution >= 0.6 is 0 Å². The van der Waals surface area contributed by atoms with Crippen molar-refractivity contribution in [1.29, 1.82) is 0 Å². The highest BCUT2D eigenvalue weighted by Crippen LogP contribution is 2.27. The second-order valence-corrected chi connectivity index (χ2v) is 6.24. The zero-order valence-corrected chi connectivity index (χ0v) is 14.6. The SMILES string of the molecule is CCC(CC)(CN)C(=O)Nc1ccc(CC(=O)NC(C)C)cc1. The Morgan fingerprint density at radius 1 is 1.13 bits per heavy atom. The number of carbonyl (C=O) groups is 2. The molecule has 23 heavy (non-hydrogen) atoms. The van der Waals surface area contributed by atoms with Gasteiger partial charge in [-0.05, 0) is 44.4 Å². The first-order valence-corrected chi connectivity index (χ1v) is 8.26. The number of hydrogen-bond donors (Lipinski definition) is 3. The Kier molecular flexibility index (Phi) is 7.23. The summed E-state index contributed by atoms with van der Waals surface area (Å²) in [6.45, 7) is 8.15. The molecule has 128 valence electrons. The van der Waals surface area contributed by atoms with Gasteiger partial charge in [-0.3, -0.25) is 9.59 Å². The molecule has 4 N–H and O–H groups in total. The normalized spacial score (nSPS) is 11.4. The molecule has 0 fully saturated rings. The van der Waals surface area contributed by atoms with Gasteiger partial charge in [-0.25, -0.2) is 0 Å². The van der Waals surface area contributed by atoms with Crippen LogP contribution in [0, 0.1) is 5.41 Å². The van der Waals surface area contributed by atoms with Crippen molar-refractivity contribution >= 4 is 17.5 Å². The molecule has 0 aliphatic rings. The van der Waals surface area contributed by atoms with Crippen molar-refractivity contribution < 1.29 is 9.59 Å². The van der Waals surface area contributed by atoms with Crippen LogP contribution in [-0.4, -0.2) is 24.4 Å². The highest BCUT2D eigenvalue weighted by atomic mass is 16.2. The van der Waals surface area contributed by atoms with E-state index in [-0.39, 0.29) is 17.9 Å². The summed E-state index contributed by atoms with van der Waals surface area (Å²) in [7, 11) is 0. The molecular formula is C18H29N3O2. The molecule has 0 unspecified atom stereocenters. The second-order valence-electron chi connectivity index (χ2n) is 6.24. The Morgan fingerprint density at radius 3 is 2.13 bits per heavy atom. The Balaban J connectivity index is 2.70. The third kappa shape index (κ3) is 5.36. The maximum Gasteiger partial charge on any atom is 0.231 e. The highest BCUT2D eigenvalue weighted by molar-refractivity contribution is 5.95. The van der Waals surface area contributed by atoms with Crippen molar-refractivity contribution in [2.75, 3.05) is 11.9 Å². The molecule has 0 heterocycles. The zero-order chi connectivity index (χ0) is 17.5. The Labute approximate surface area is 139 Å². The predicted molar refractivity (Wildman–Crippen MR) is 94.1 cm³/mol. The third-order valence-electron chi connectivity index (χ3n) is 4.25. The fraction of sp³-hybridized carbons (Fsp3) is 0.556. The van der Waals surface area contributed by atoms with Crippen LogP contribution in [0.4, 0.5) is 5.69 Å². The smallest absolute Gasteiger partial charge is 0.231 e. The molecule has 1 rings (SSSR count). The van der Waals surface area contributed by atoms with Crippen LogP contribution in [0.1, 0.15) is 46.1 Å². The maximum absolute atomic E-state index is 12.5. The van der Waals surface area contributed by atoms with Gasteiger partial charge in [0.25, 0.3) is 0 Å². The number of carbonyl (C=O) groups excluding carboxylic acids is 2. The van der Waals surface area contributed by atoms with Gasteiger partial charge < -0.3 is 16.4 Å². The molecule has 0 aromatic heterocycles. The number of anilines is 1. The predicted octanol–water partition coefficient (Wildman–Crippen LogP) is 2.46. The average molecular weight is 319 g/mol. The molecule has 5 heteroatoms. The number of rotatable bonds is 8. The summed E-state index contributed by atoms with van der Waals surface area (Å²) < 4.78 is 0. The molecule has 0 spiro atoms. The minimum Gasteiger partial charge on any atom is -0.354 e. The monoisotopic (exact) mass is 319 g/mol. The van der Waals surface area contributed by atoms with Crippen LogP contribution in [0.25, 0.3) is 0 Å². The summed E-state index contributed by atoms with van der Waals surface area (Å²) >= 11 is 0. The van der Waals surface area contributed by atoms with Crippen LogP contribution in [-0.2, 0) is 16.0 Å². The van der Waals surface area contributed by atoms with Gasteiger partial charge in [0, 0.05) is 18.3 Å². The van der Waals surface area contributed by atoms with Gasteiger partial charge >= 0.3 is 0 Å². The van der Waals surface area contributed by atoms with Crippen LogP contribution in [0.15, 0.2) is 24.3 Å². The quantitative estimate of drug-likeness (QED) is 0.688. The number of hydrogen-bond acceptors (Lipinski definition) is 3. The first kappa shape index (κ1) is 19.2. The van der Waals surface area contributed by atoms with Crippen LogP contribution in [0.2, 0.25) is 0 Å². The largest absolute Gasteiger partial charge is 0.354 e. The summed E-state index contributed by atoms with van der Waals surface area (Å²) in [5, 5.41) is 5.79. The summed E-state index contributed by atoms with van der Waals surface area (Å²) in [6.07, 6.45) is 1.75. The topological polar surface area (TPSA) is 84.2 Å². The summed E-state index contributed by atoms with van der Waals surface area (Å²) in [4.78, 5) is 24.2. The van der Waals surface area contributed by atoms with E-state index in [1.165, 1.54) is 0 Å². The molecule has 2 amide bonds. The van der Waals surface area contributed by atoms with E-state index in [1.54, 1.807) is 0 Å². The summed E-state index contributed by atoms with van der Waals surface area (Å²) in [5.41, 5.74) is 6.92. The van der Waals surface area contributed by atoms with Gasteiger partial charge in [-0.2, -0.15) is 0 Å². The standard InChI is InChI=1S/C18H29N3O2/c1-5-18(6-2,12-19)17(23)21-15-9-7-14(8-10-15)11-16(22)20-13(3)4/h7-10,13H,5-6,11-12,19H2,1-4H3,(H,20,22)(H,21,23). The maximum atomic E-state index is 12.5. The number of nitrogens with one attached hydrogen (secondary N) is 2. The van der Waals surface area contributed by atoms with Gasteiger partial charge in [-0.15, -0.1) is 0 Å². The molecule has 5 nitrogen and oxygen atoms in total. The molecule has 0 saturated carbocycles. The zero-order valence-electron chi connectivity index (χ0n) is 14.6. The fourth-order valence-corrected chi connectivity index (χ4v) is 2.48. The van der Waals surface area contributed by atoms with E-state index in [4.69, 9.17) is 5.73 Å². The van der Waals surface area contributed by atoms with E-state index in [2.05, 4.69) is 10.6 Å². The second kappa shape index (κ2) is 8.67. The minimum atomic E-state index is -0.518. The van der Waals surface area contributed by atoms with E-state index in [0.29, 0.717) is 25.8 Å². The lowest BCUT2D eigenvalue weighted by Gasteiger charge is -2.28. The van der Waals surface area contributed by atoms with Gasteiger partial charge in [0.15, 0.2) is 0 Å². The van der Waals surface area contributed by atoms with Crippen LogP contribution < -0.4 is 16.4 Å². The highest BCUT2D eigenvalue weighted by Gasteiger charge is 2.33. The van der Waals surface area contributed by atoms with E-state index in [1.807, 2.05) is 52.0 Å². The van der Waals surface area contributed by atoms with E-state index < -0.39 is 5.41 Å². The van der Waals surface area contributed by atoms with E-state index in [9.17, 15) is 9.59 Å². The molecular weight excluding hydrogens is 290 g/mol. The van der Waals surface area contributed by atoms with Crippen molar-refractivity contribution in [2.24, 2.45) is 11.1 Å². The number of benzene rings is 1. The minimum absolute atomic E-state index is 0.00380. The Hall–Kier alpha value is -1.88. The molecule has 1 aromatic carbocycles. The van der Waals surface area contributed by atoms with Gasteiger partial charge in [-0.1, -0.05) is 26.0 Å². The van der Waals surface area contributed by atoms with Crippen LogP contribution in [0.5, 0.6) is 0 Å².